The number of amides is 1. The van der Waals surface area contributed by atoms with Crippen molar-refractivity contribution >= 4 is 11.6 Å². The highest BCUT2D eigenvalue weighted by molar-refractivity contribution is 5.96. The van der Waals surface area contributed by atoms with Crippen molar-refractivity contribution in [2.24, 2.45) is 0 Å². The molecule has 2 N–H and O–H groups in total. The monoisotopic (exact) mass is 288 g/mol. The number of anilines is 1. The molecule has 1 aromatic carbocycles. The van der Waals surface area contributed by atoms with Crippen LogP contribution in [0.25, 0.3) is 11.5 Å². The summed E-state index contributed by atoms with van der Waals surface area (Å²) in [6.45, 7) is 3.63. The Kier molecular flexibility index (Phi) is 3.94. The lowest BCUT2D eigenvalue weighted by molar-refractivity contribution is -0.120. The van der Waals surface area contributed by atoms with Crippen LogP contribution in [0.2, 0.25) is 0 Å². The molecule has 2 aromatic rings. The first-order valence-electron chi connectivity index (χ1n) is 6.73. The zero-order valence-electron chi connectivity index (χ0n) is 11.6. The van der Waals surface area contributed by atoms with Crippen LogP contribution in [0, 0.1) is 6.92 Å². The van der Waals surface area contributed by atoms with E-state index < -0.39 is 0 Å². The largest absolute Gasteiger partial charge is 0.423 e. The maximum absolute atomic E-state index is 12.2. The van der Waals surface area contributed by atoms with Gasteiger partial charge >= 0.3 is 0 Å². The summed E-state index contributed by atoms with van der Waals surface area (Å²) in [7, 11) is 0. The summed E-state index contributed by atoms with van der Waals surface area (Å²) in [5, 5.41) is 13.6. The number of morpholine rings is 1. The standard InChI is InChI=1S/C14H16N4O3/c1-9-2-3-10(14-18-16-8-21-14)6-11(9)17-13(19)12-7-20-5-4-15-12/h2-3,6,8,12,15H,4-5,7H2,1H3,(H,17,19). The molecule has 21 heavy (non-hydrogen) atoms. The quantitative estimate of drug-likeness (QED) is 0.875. The van der Waals surface area contributed by atoms with E-state index in [1.165, 1.54) is 6.39 Å². The maximum atomic E-state index is 12.2. The number of hydrogen-bond acceptors (Lipinski definition) is 6. The molecule has 0 radical (unpaired) electrons. The summed E-state index contributed by atoms with van der Waals surface area (Å²) in [5.74, 6) is 0.310. The van der Waals surface area contributed by atoms with E-state index in [4.69, 9.17) is 9.15 Å². The van der Waals surface area contributed by atoms with Gasteiger partial charge in [0.2, 0.25) is 18.2 Å². The van der Waals surface area contributed by atoms with E-state index in [1.807, 2.05) is 25.1 Å². The van der Waals surface area contributed by atoms with Crippen molar-refractivity contribution in [3.63, 3.8) is 0 Å². The molecule has 0 aliphatic carbocycles. The van der Waals surface area contributed by atoms with Crippen molar-refractivity contribution in [3.8, 4) is 11.5 Å². The summed E-state index contributed by atoms with van der Waals surface area (Å²) < 4.78 is 10.5. The molecule has 110 valence electrons. The van der Waals surface area contributed by atoms with Crippen molar-refractivity contribution < 1.29 is 13.9 Å². The van der Waals surface area contributed by atoms with Gasteiger partial charge in [-0.2, -0.15) is 0 Å². The van der Waals surface area contributed by atoms with Crippen LogP contribution in [0.5, 0.6) is 0 Å². The first-order valence-corrected chi connectivity index (χ1v) is 6.73. The fourth-order valence-electron chi connectivity index (χ4n) is 2.14. The molecular weight excluding hydrogens is 272 g/mol. The van der Waals surface area contributed by atoms with Crippen molar-refractivity contribution in [2.75, 3.05) is 25.1 Å². The predicted molar refractivity (Wildman–Crippen MR) is 75.7 cm³/mol. The minimum atomic E-state index is -0.329. The minimum absolute atomic E-state index is 0.111. The van der Waals surface area contributed by atoms with Crippen LogP contribution in [0.15, 0.2) is 29.0 Å². The van der Waals surface area contributed by atoms with Crippen molar-refractivity contribution in [1.82, 2.24) is 15.5 Å². The Balaban J connectivity index is 1.78. The number of aryl methyl sites for hydroxylation is 1. The fourth-order valence-corrected chi connectivity index (χ4v) is 2.14. The van der Waals surface area contributed by atoms with Gasteiger partial charge in [0.05, 0.1) is 13.2 Å². The van der Waals surface area contributed by atoms with Gasteiger partial charge in [0, 0.05) is 17.8 Å². The van der Waals surface area contributed by atoms with Crippen LogP contribution < -0.4 is 10.6 Å². The number of rotatable bonds is 3. The number of nitrogens with one attached hydrogen (secondary N) is 2. The third kappa shape index (κ3) is 3.09. The number of benzene rings is 1. The van der Waals surface area contributed by atoms with Gasteiger partial charge in [0.1, 0.15) is 6.04 Å². The van der Waals surface area contributed by atoms with E-state index in [1.54, 1.807) is 0 Å². The van der Waals surface area contributed by atoms with Crippen LogP contribution in [0.1, 0.15) is 5.56 Å². The smallest absolute Gasteiger partial charge is 0.247 e. The van der Waals surface area contributed by atoms with Gasteiger partial charge in [-0.25, -0.2) is 0 Å². The van der Waals surface area contributed by atoms with E-state index in [2.05, 4.69) is 20.8 Å². The Labute approximate surface area is 121 Å². The SMILES string of the molecule is Cc1ccc(-c2nnco2)cc1NC(=O)C1COCCN1. The van der Waals surface area contributed by atoms with E-state index in [0.717, 1.165) is 16.8 Å². The zero-order valence-corrected chi connectivity index (χ0v) is 11.6. The molecule has 0 saturated carbocycles. The molecule has 1 unspecified atom stereocenters. The average molecular weight is 288 g/mol. The Bertz CT molecular complexity index is 621. The number of carbonyl (C=O) groups excluding carboxylic acids is 1. The number of aromatic nitrogens is 2. The number of ether oxygens (including phenoxy) is 1. The van der Waals surface area contributed by atoms with Crippen LogP contribution >= 0.6 is 0 Å². The highest BCUT2D eigenvalue weighted by Gasteiger charge is 2.21. The molecule has 1 aliphatic heterocycles. The third-order valence-corrected chi connectivity index (χ3v) is 3.34. The van der Waals surface area contributed by atoms with Gasteiger partial charge < -0.3 is 19.8 Å². The van der Waals surface area contributed by atoms with Crippen molar-refractivity contribution in [1.29, 1.82) is 0 Å². The molecule has 1 saturated heterocycles. The second kappa shape index (κ2) is 6.02. The van der Waals surface area contributed by atoms with Gasteiger partial charge in [-0.05, 0) is 24.6 Å². The lowest BCUT2D eigenvalue weighted by Crippen LogP contribution is -2.48. The zero-order chi connectivity index (χ0) is 14.7. The highest BCUT2D eigenvalue weighted by Crippen LogP contribution is 2.24. The van der Waals surface area contributed by atoms with Crippen LogP contribution in [-0.2, 0) is 9.53 Å². The van der Waals surface area contributed by atoms with E-state index in [9.17, 15) is 4.79 Å². The van der Waals surface area contributed by atoms with Crippen LogP contribution in [0.4, 0.5) is 5.69 Å². The van der Waals surface area contributed by atoms with Gasteiger partial charge in [0.15, 0.2) is 0 Å². The Morgan fingerprint density at radius 1 is 1.48 bits per heavy atom. The summed E-state index contributed by atoms with van der Waals surface area (Å²) in [6, 6.07) is 5.27. The third-order valence-electron chi connectivity index (χ3n) is 3.34. The lowest BCUT2D eigenvalue weighted by atomic mass is 10.1. The van der Waals surface area contributed by atoms with E-state index >= 15 is 0 Å². The van der Waals surface area contributed by atoms with Gasteiger partial charge in [0.25, 0.3) is 0 Å². The second-order valence-corrected chi connectivity index (χ2v) is 4.84. The molecule has 7 heteroatoms. The number of nitrogens with zero attached hydrogens (tertiary/aromatic N) is 2. The van der Waals surface area contributed by atoms with E-state index in [-0.39, 0.29) is 11.9 Å². The molecular formula is C14H16N4O3. The van der Waals surface area contributed by atoms with Gasteiger partial charge in [-0.15, -0.1) is 10.2 Å². The molecule has 7 nitrogen and oxygen atoms in total. The summed E-state index contributed by atoms with van der Waals surface area (Å²) >= 11 is 0. The molecule has 3 rings (SSSR count). The summed E-state index contributed by atoms with van der Waals surface area (Å²) in [5.41, 5.74) is 2.45. The van der Waals surface area contributed by atoms with Crippen molar-refractivity contribution in [3.05, 3.63) is 30.2 Å². The molecule has 0 spiro atoms. The second-order valence-electron chi connectivity index (χ2n) is 4.84. The average Bonchev–Trinajstić information content (AvgIpc) is 3.04. The van der Waals surface area contributed by atoms with Crippen LogP contribution in [0.3, 0.4) is 0 Å². The Morgan fingerprint density at radius 2 is 2.38 bits per heavy atom. The van der Waals surface area contributed by atoms with Gasteiger partial charge in [-0.3, -0.25) is 4.79 Å². The first kappa shape index (κ1) is 13.7. The number of hydrogen-bond donors (Lipinski definition) is 2. The first-order chi connectivity index (χ1) is 10.2. The molecule has 0 bridgehead atoms. The molecule has 1 fully saturated rings. The fraction of sp³-hybridized carbons (Fsp3) is 0.357. The predicted octanol–water partition coefficient (Wildman–Crippen LogP) is 0.972. The number of carbonyl (C=O) groups is 1. The van der Waals surface area contributed by atoms with E-state index in [0.29, 0.717) is 25.6 Å². The molecule has 1 aromatic heterocycles. The summed E-state index contributed by atoms with van der Waals surface area (Å²) in [6.07, 6.45) is 1.27. The minimum Gasteiger partial charge on any atom is -0.423 e. The molecule has 2 heterocycles. The van der Waals surface area contributed by atoms with Gasteiger partial charge in [-0.1, -0.05) is 6.07 Å². The molecule has 1 aliphatic rings. The lowest BCUT2D eigenvalue weighted by Gasteiger charge is -2.23. The summed E-state index contributed by atoms with van der Waals surface area (Å²) in [4.78, 5) is 12.2. The Morgan fingerprint density at radius 3 is 3.10 bits per heavy atom. The molecule has 1 amide bonds. The molecule has 1 atom stereocenters. The van der Waals surface area contributed by atoms with Crippen LogP contribution in [-0.4, -0.2) is 41.9 Å². The Hall–Kier alpha value is -2.25. The topological polar surface area (TPSA) is 89.3 Å². The normalized spacial score (nSPS) is 18.4. The highest BCUT2D eigenvalue weighted by atomic mass is 16.5. The maximum Gasteiger partial charge on any atom is 0.247 e. The van der Waals surface area contributed by atoms with Crippen molar-refractivity contribution in [2.45, 2.75) is 13.0 Å².